The number of aromatic nitrogens is 3. The highest BCUT2D eigenvalue weighted by Crippen LogP contribution is 2.36. The number of fused-ring (bicyclic) bond motifs is 2. The molecule has 3 N–H and O–H groups in total. The van der Waals surface area contributed by atoms with Crippen LogP contribution in [0.1, 0.15) is 15.9 Å². The number of hydrogen-bond acceptors (Lipinski definition) is 7. The molecule has 2 heterocycles. The number of nitrogens with one attached hydrogen (secondary N) is 1. The van der Waals surface area contributed by atoms with Gasteiger partial charge in [-0.3, -0.25) is 9.36 Å². The number of benzene rings is 3. The van der Waals surface area contributed by atoms with Crippen LogP contribution in [0.5, 0.6) is 17.2 Å². The Balaban J connectivity index is 1.69. The molecule has 36 heavy (non-hydrogen) atoms. The van der Waals surface area contributed by atoms with Crippen molar-refractivity contribution in [3.8, 4) is 22.9 Å². The molecule has 5 rings (SSSR count). The van der Waals surface area contributed by atoms with E-state index in [-0.39, 0.29) is 23.8 Å². The maximum absolute atomic E-state index is 13.5. The van der Waals surface area contributed by atoms with Crippen LogP contribution in [0.15, 0.2) is 66.7 Å². The lowest BCUT2D eigenvalue weighted by Gasteiger charge is -2.14. The van der Waals surface area contributed by atoms with Gasteiger partial charge >= 0.3 is 0 Å². The van der Waals surface area contributed by atoms with E-state index in [1.807, 2.05) is 48.5 Å². The number of methoxy groups -OCH3 is 3. The number of nitrogens with zero attached hydrogens (tertiary/aromatic N) is 3. The van der Waals surface area contributed by atoms with Gasteiger partial charge in [-0.1, -0.05) is 30.3 Å². The van der Waals surface area contributed by atoms with Crippen LogP contribution in [-0.2, 0) is 6.54 Å². The Labute approximate surface area is 207 Å². The fourth-order valence-electron chi connectivity index (χ4n) is 4.21. The molecule has 0 radical (unpaired) electrons. The second-order valence-electron chi connectivity index (χ2n) is 8.01. The first-order valence-corrected chi connectivity index (χ1v) is 11.2. The maximum atomic E-state index is 13.5. The third-order valence-corrected chi connectivity index (χ3v) is 5.98. The summed E-state index contributed by atoms with van der Waals surface area (Å²) in [5.74, 6) is 1.62. The Bertz CT molecular complexity index is 1590. The molecule has 0 atom stereocenters. The zero-order chi connectivity index (χ0) is 25.2. The summed E-state index contributed by atoms with van der Waals surface area (Å²) in [6.07, 6.45) is 0. The number of nitrogens with two attached hydrogens (primary N) is 1. The first-order valence-electron chi connectivity index (χ1n) is 11.2. The summed E-state index contributed by atoms with van der Waals surface area (Å²) in [4.78, 5) is 23.1. The van der Waals surface area contributed by atoms with E-state index in [4.69, 9.17) is 29.9 Å². The highest BCUT2D eigenvalue weighted by Gasteiger charge is 2.26. The molecule has 0 aliphatic heterocycles. The zero-order valence-electron chi connectivity index (χ0n) is 20.1. The SMILES string of the molecule is COc1ccc(OC)c(-n2c(N)c(C(=O)NCc3ccccc3OC)c3nc4ccccc4nc32)c1. The van der Waals surface area contributed by atoms with E-state index < -0.39 is 0 Å². The standard InChI is InChI=1S/C27H25N5O4/c1-34-17-12-13-22(36-3)20(14-17)32-25(28)23(24-26(32)31-19-10-6-5-9-18(19)30-24)27(33)29-15-16-8-4-7-11-21(16)35-2/h4-14H,15,28H2,1-3H3,(H,29,33). The fraction of sp³-hybridized carbons (Fsp3) is 0.148. The molecule has 3 aromatic carbocycles. The predicted molar refractivity (Wildman–Crippen MR) is 138 cm³/mol. The average molecular weight is 484 g/mol. The summed E-state index contributed by atoms with van der Waals surface area (Å²) < 4.78 is 18.1. The van der Waals surface area contributed by atoms with E-state index in [0.29, 0.717) is 45.1 Å². The van der Waals surface area contributed by atoms with Crippen molar-refractivity contribution in [2.24, 2.45) is 0 Å². The summed E-state index contributed by atoms with van der Waals surface area (Å²) in [6.45, 7) is 0.248. The number of nitrogen functional groups attached to an aromatic ring is 1. The molecular weight excluding hydrogens is 458 g/mol. The van der Waals surface area contributed by atoms with E-state index in [0.717, 1.165) is 5.56 Å². The first-order chi connectivity index (χ1) is 17.5. The molecule has 182 valence electrons. The highest BCUT2D eigenvalue weighted by molar-refractivity contribution is 6.11. The van der Waals surface area contributed by atoms with Gasteiger partial charge in [-0.05, 0) is 30.3 Å². The molecule has 5 aromatic rings. The van der Waals surface area contributed by atoms with Crippen LogP contribution in [0.25, 0.3) is 27.9 Å². The first kappa shape index (κ1) is 23.0. The number of carbonyl (C=O) groups is 1. The Hall–Kier alpha value is -4.79. The van der Waals surface area contributed by atoms with Gasteiger partial charge in [-0.2, -0.15) is 0 Å². The minimum absolute atomic E-state index is 0.185. The molecule has 2 aromatic heterocycles. The van der Waals surface area contributed by atoms with Crippen molar-refractivity contribution in [1.29, 1.82) is 0 Å². The molecule has 0 saturated heterocycles. The van der Waals surface area contributed by atoms with Crippen molar-refractivity contribution in [3.05, 3.63) is 77.9 Å². The molecule has 0 unspecified atom stereocenters. The number of hydrogen-bond donors (Lipinski definition) is 2. The van der Waals surface area contributed by atoms with Crippen molar-refractivity contribution in [2.75, 3.05) is 27.1 Å². The van der Waals surface area contributed by atoms with Crippen molar-refractivity contribution in [2.45, 2.75) is 6.54 Å². The normalized spacial score (nSPS) is 11.0. The smallest absolute Gasteiger partial charge is 0.257 e. The third kappa shape index (κ3) is 3.90. The number of carbonyl (C=O) groups excluding carboxylic acids is 1. The summed E-state index contributed by atoms with van der Waals surface area (Å²) in [6, 6.07) is 20.3. The lowest BCUT2D eigenvalue weighted by molar-refractivity contribution is 0.0953. The Morgan fingerprint density at radius 3 is 2.31 bits per heavy atom. The van der Waals surface area contributed by atoms with Gasteiger partial charge in [0.1, 0.15) is 34.1 Å². The lowest BCUT2D eigenvalue weighted by Crippen LogP contribution is -2.24. The van der Waals surface area contributed by atoms with Crippen LogP contribution in [0.3, 0.4) is 0 Å². The maximum Gasteiger partial charge on any atom is 0.257 e. The van der Waals surface area contributed by atoms with E-state index in [1.54, 1.807) is 44.1 Å². The summed E-state index contributed by atoms with van der Waals surface area (Å²) >= 11 is 0. The molecular formula is C27H25N5O4. The molecule has 0 bridgehead atoms. The average Bonchev–Trinajstić information content (AvgIpc) is 3.20. The van der Waals surface area contributed by atoms with Crippen molar-refractivity contribution < 1.29 is 19.0 Å². The molecule has 0 aliphatic rings. The van der Waals surface area contributed by atoms with Crippen molar-refractivity contribution >= 4 is 33.9 Å². The van der Waals surface area contributed by atoms with Crippen molar-refractivity contribution in [3.63, 3.8) is 0 Å². The number of amides is 1. The van der Waals surface area contributed by atoms with Crippen LogP contribution in [0.4, 0.5) is 5.82 Å². The van der Waals surface area contributed by atoms with E-state index in [1.165, 1.54) is 0 Å². The molecule has 0 fully saturated rings. The quantitative estimate of drug-likeness (QED) is 0.358. The summed E-state index contributed by atoms with van der Waals surface area (Å²) in [5.41, 5.74) is 10.4. The molecule has 0 spiro atoms. The Morgan fingerprint density at radius 1 is 0.889 bits per heavy atom. The molecule has 9 heteroatoms. The van der Waals surface area contributed by atoms with Gasteiger partial charge in [0.15, 0.2) is 5.65 Å². The molecule has 0 aliphatic carbocycles. The van der Waals surface area contributed by atoms with Crippen molar-refractivity contribution in [1.82, 2.24) is 19.9 Å². The summed E-state index contributed by atoms with van der Waals surface area (Å²) in [5, 5.41) is 2.95. The van der Waals surface area contributed by atoms with Crippen LogP contribution in [0, 0.1) is 0 Å². The van der Waals surface area contributed by atoms with Gasteiger partial charge in [0.05, 0.1) is 38.1 Å². The molecule has 1 amide bonds. The van der Waals surface area contributed by atoms with Gasteiger partial charge in [-0.25, -0.2) is 9.97 Å². The van der Waals surface area contributed by atoms with Crippen LogP contribution < -0.4 is 25.3 Å². The van der Waals surface area contributed by atoms with E-state index >= 15 is 0 Å². The zero-order valence-corrected chi connectivity index (χ0v) is 20.1. The second-order valence-corrected chi connectivity index (χ2v) is 8.01. The topological polar surface area (TPSA) is 114 Å². The number of rotatable bonds is 7. The number of para-hydroxylation sites is 3. The van der Waals surface area contributed by atoms with E-state index in [9.17, 15) is 4.79 Å². The summed E-state index contributed by atoms with van der Waals surface area (Å²) in [7, 11) is 4.73. The highest BCUT2D eigenvalue weighted by atomic mass is 16.5. The monoisotopic (exact) mass is 483 g/mol. The van der Waals surface area contributed by atoms with Crippen LogP contribution in [0.2, 0.25) is 0 Å². The predicted octanol–water partition coefficient (Wildman–Crippen LogP) is 4.11. The van der Waals surface area contributed by atoms with Gasteiger partial charge in [0, 0.05) is 18.2 Å². The van der Waals surface area contributed by atoms with Gasteiger partial charge in [0.2, 0.25) is 0 Å². The number of anilines is 1. The fourth-order valence-corrected chi connectivity index (χ4v) is 4.21. The van der Waals surface area contributed by atoms with Gasteiger partial charge in [0.25, 0.3) is 5.91 Å². The van der Waals surface area contributed by atoms with Crippen LogP contribution >= 0.6 is 0 Å². The van der Waals surface area contributed by atoms with E-state index in [2.05, 4.69) is 5.32 Å². The molecule has 9 nitrogen and oxygen atoms in total. The Kier molecular flexibility index (Phi) is 6.03. The number of ether oxygens (including phenoxy) is 3. The third-order valence-electron chi connectivity index (χ3n) is 5.98. The molecule has 0 saturated carbocycles. The lowest BCUT2D eigenvalue weighted by atomic mass is 10.2. The minimum Gasteiger partial charge on any atom is -0.497 e. The second kappa shape index (κ2) is 9.46. The van der Waals surface area contributed by atoms with Gasteiger partial charge < -0.3 is 25.3 Å². The minimum atomic E-state index is -0.381. The van der Waals surface area contributed by atoms with Gasteiger partial charge in [-0.15, -0.1) is 0 Å². The van der Waals surface area contributed by atoms with Crippen LogP contribution in [-0.4, -0.2) is 41.8 Å². The Morgan fingerprint density at radius 2 is 1.58 bits per heavy atom. The largest absolute Gasteiger partial charge is 0.497 e.